The van der Waals surface area contributed by atoms with E-state index in [1.54, 1.807) is 16.8 Å². The number of hydrogen-bond acceptors (Lipinski definition) is 4. The van der Waals surface area contributed by atoms with Gasteiger partial charge in [0.1, 0.15) is 0 Å². The molecule has 1 saturated heterocycles. The van der Waals surface area contributed by atoms with Crippen molar-refractivity contribution >= 4 is 11.8 Å². The Labute approximate surface area is 157 Å². The SMILES string of the molecule is CCN(Cc1ccccc1)C(=O)C(=O)N(C)CCCN1CCN(C)CC1. The second kappa shape index (κ2) is 10.3. The zero-order chi connectivity index (χ0) is 18.9. The molecule has 0 spiro atoms. The highest BCUT2D eigenvalue weighted by molar-refractivity contribution is 6.34. The maximum absolute atomic E-state index is 12.5. The maximum Gasteiger partial charge on any atom is 0.312 e. The molecule has 0 unspecified atom stereocenters. The Hall–Kier alpha value is -1.92. The van der Waals surface area contributed by atoms with Crippen molar-refractivity contribution in [3.8, 4) is 0 Å². The lowest BCUT2D eigenvalue weighted by atomic mass is 10.2. The van der Waals surface area contributed by atoms with Gasteiger partial charge < -0.3 is 19.6 Å². The summed E-state index contributed by atoms with van der Waals surface area (Å²) in [6.07, 6.45) is 0.893. The van der Waals surface area contributed by atoms with E-state index in [-0.39, 0.29) is 0 Å². The van der Waals surface area contributed by atoms with Crippen molar-refractivity contribution in [2.24, 2.45) is 0 Å². The molecule has 1 aliphatic heterocycles. The molecular weight excluding hydrogens is 328 g/mol. The van der Waals surface area contributed by atoms with E-state index in [2.05, 4.69) is 16.8 Å². The molecule has 1 heterocycles. The highest BCUT2D eigenvalue weighted by Crippen LogP contribution is 2.06. The number of carbonyl (C=O) groups is 2. The number of amides is 2. The third kappa shape index (κ3) is 6.11. The van der Waals surface area contributed by atoms with E-state index in [1.165, 1.54) is 0 Å². The lowest BCUT2D eigenvalue weighted by Crippen LogP contribution is -2.46. The number of likely N-dealkylation sites (N-methyl/N-ethyl adjacent to an activating group) is 3. The first-order valence-electron chi connectivity index (χ1n) is 9.50. The average molecular weight is 361 g/mol. The molecular formula is C20H32N4O2. The molecule has 2 rings (SSSR count). The average Bonchev–Trinajstić information content (AvgIpc) is 2.67. The van der Waals surface area contributed by atoms with E-state index >= 15 is 0 Å². The molecule has 0 saturated carbocycles. The Morgan fingerprint density at radius 2 is 1.69 bits per heavy atom. The van der Waals surface area contributed by atoms with E-state index in [9.17, 15) is 9.59 Å². The lowest BCUT2D eigenvalue weighted by Gasteiger charge is -2.32. The highest BCUT2D eigenvalue weighted by Gasteiger charge is 2.24. The third-order valence-corrected chi connectivity index (χ3v) is 4.98. The minimum absolute atomic E-state index is 0.416. The van der Waals surface area contributed by atoms with Crippen LogP contribution in [0, 0.1) is 0 Å². The zero-order valence-electron chi connectivity index (χ0n) is 16.4. The normalized spacial score (nSPS) is 15.7. The van der Waals surface area contributed by atoms with E-state index in [0.29, 0.717) is 19.6 Å². The maximum atomic E-state index is 12.5. The molecule has 0 N–H and O–H groups in total. The fraction of sp³-hybridized carbons (Fsp3) is 0.600. The van der Waals surface area contributed by atoms with Gasteiger partial charge in [0, 0.05) is 52.9 Å². The molecule has 0 atom stereocenters. The fourth-order valence-electron chi connectivity index (χ4n) is 3.13. The summed E-state index contributed by atoms with van der Waals surface area (Å²) in [7, 11) is 3.87. The summed E-state index contributed by atoms with van der Waals surface area (Å²) in [6, 6.07) is 9.78. The molecule has 2 amide bonds. The van der Waals surface area contributed by atoms with E-state index in [4.69, 9.17) is 0 Å². The van der Waals surface area contributed by atoms with Crippen LogP contribution < -0.4 is 0 Å². The van der Waals surface area contributed by atoms with Gasteiger partial charge in [-0.05, 0) is 32.5 Å². The molecule has 0 bridgehead atoms. The predicted molar refractivity (Wildman–Crippen MR) is 104 cm³/mol. The molecule has 1 aromatic rings. The molecule has 26 heavy (non-hydrogen) atoms. The minimum Gasteiger partial charge on any atom is -0.337 e. The van der Waals surface area contributed by atoms with Crippen LogP contribution in [-0.2, 0) is 16.1 Å². The van der Waals surface area contributed by atoms with Crippen LogP contribution in [0.4, 0.5) is 0 Å². The number of carbonyl (C=O) groups excluding carboxylic acids is 2. The first kappa shape index (κ1) is 20.4. The molecule has 6 nitrogen and oxygen atoms in total. The Morgan fingerprint density at radius 3 is 2.31 bits per heavy atom. The second-order valence-electron chi connectivity index (χ2n) is 7.03. The monoisotopic (exact) mass is 360 g/mol. The number of benzene rings is 1. The van der Waals surface area contributed by atoms with Crippen molar-refractivity contribution in [1.82, 2.24) is 19.6 Å². The van der Waals surface area contributed by atoms with Gasteiger partial charge in [-0.1, -0.05) is 30.3 Å². The Morgan fingerprint density at radius 1 is 1.04 bits per heavy atom. The first-order chi connectivity index (χ1) is 12.5. The van der Waals surface area contributed by atoms with Crippen LogP contribution in [0.5, 0.6) is 0 Å². The minimum atomic E-state index is -0.418. The van der Waals surface area contributed by atoms with Crippen LogP contribution in [0.3, 0.4) is 0 Å². The molecule has 144 valence electrons. The van der Waals surface area contributed by atoms with Crippen LogP contribution in [-0.4, -0.2) is 91.3 Å². The van der Waals surface area contributed by atoms with E-state index < -0.39 is 11.8 Å². The van der Waals surface area contributed by atoms with Crippen LogP contribution in [0.2, 0.25) is 0 Å². The van der Waals surface area contributed by atoms with Gasteiger partial charge in [-0.3, -0.25) is 9.59 Å². The van der Waals surface area contributed by atoms with E-state index in [1.807, 2.05) is 37.3 Å². The van der Waals surface area contributed by atoms with Gasteiger partial charge in [0.25, 0.3) is 0 Å². The van der Waals surface area contributed by atoms with Gasteiger partial charge in [0.15, 0.2) is 0 Å². The molecule has 0 aromatic heterocycles. The molecule has 1 fully saturated rings. The zero-order valence-corrected chi connectivity index (χ0v) is 16.4. The smallest absolute Gasteiger partial charge is 0.312 e. The standard InChI is InChI=1S/C20H32N4O2/c1-4-24(17-18-9-6-5-7-10-18)20(26)19(25)22(3)11-8-12-23-15-13-21(2)14-16-23/h5-7,9-10H,4,8,11-17H2,1-3H3. The van der Waals surface area contributed by atoms with Crippen molar-refractivity contribution in [2.75, 3.05) is 59.9 Å². The third-order valence-electron chi connectivity index (χ3n) is 4.98. The summed E-state index contributed by atoms with van der Waals surface area (Å²) in [4.78, 5) is 32.9. The summed E-state index contributed by atoms with van der Waals surface area (Å²) < 4.78 is 0. The van der Waals surface area contributed by atoms with Crippen LogP contribution >= 0.6 is 0 Å². The summed E-state index contributed by atoms with van der Waals surface area (Å²) in [5.41, 5.74) is 1.04. The highest BCUT2D eigenvalue weighted by atomic mass is 16.2. The molecule has 1 aliphatic rings. The van der Waals surface area contributed by atoms with E-state index in [0.717, 1.165) is 44.7 Å². The Bertz CT molecular complexity index is 570. The quantitative estimate of drug-likeness (QED) is 0.684. The predicted octanol–water partition coefficient (Wildman–Crippen LogP) is 1.13. The van der Waals surface area contributed by atoms with Crippen LogP contribution in [0.1, 0.15) is 18.9 Å². The molecule has 0 radical (unpaired) electrons. The van der Waals surface area contributed by atoms with Gasteiger partial charge in [-0.2, -0.15) is 0 Å². The first-order valence-corrected chi connectivity index (χ1v) is 9.50. The van der Waals surface area contributed by atoms with Crippen molar-refractivity contribution in [1.29, 1.82) is 0 Å². The summed E-state index contributed by atoms with van der Waals surface area (Å²) in [5, 5.41) is 0. The molecule has 0 aliphatic carbocycles. The second-order valence-corrected chi connectivity index (χ2v) is 7.03. The number of hydrogen-bond donors (Lipinski definition) is 0. The van der Waals surface area contributed by atoms with Gasteiger partial charge in [0.2, 0.25) is 0 Å². The van der Waals surface area contributed by atoms with Gasteiger partial charge in [0.05, 0.1) is 0 Å². The fourth-order valence-corrected chi connectivity index (χ4v) is 3.13. The van der Waals surface area contributed by atoms with Gasteiger partial charge in [-0.15, -0.1) is 0 Å². The van der Waals surface area contributed by atoms with Gasteiger partial charge in [-0.25, -0.2) is 0 Å². The lowest BCUT2D eigenvalue weighted by molar-refractivity contribution is -0.151. The summed E-state index contributed by atoms with van der Waals surface area (Å²) in [5.74, 6) is -0.834. The number of rotatable bonds is 7. The molecule has 1 aromatic carbocycles. The summed E-state index contributed by atoms with van der Waals surface area (Å²) in [6.45, 7) is 8.83. The van der Waals surface area contributed by atoms with Crippen molar-refractivity contribution in [3.05, 3.63) is 35.9 Å². The largest absolute Gasteiger partial charge is 0.337 e. The van der Waals surface area contributed by atoms with Crippen molar-refractivity contribution in [2.45, 2.75) is 19.9 Å². The van der Waals surface area contributed by atoms with Gasteiger partial charge >= 0.3 is 11.8 Å². The van der Waals surface area contributed by atoms with Crippen molar-refractivity contribution in [3.63, 3.8) is 0 Å². The topological polar surface area (TPSA) is 47.1 Å². The van der Waals surface area contributed by atoms with Crippen molar-refractivity contribution < 1.29 is 9.59 Å². The number of nitrogens with zero attached hydrogens (tertiary/aromatic N) is 4. The Balaban J connectivity index is 1.77. The molecule has 6 heteroatoms. The Kier molecular flexibility index (Phi) is 8.06. The van der Waals surface area contributed by atoms with Crippen LogP contribution in [0.25, 0.3) is 0 Å². The van der Waals surface area contributed by atoms with Crippen LogP contribution in [0.15, 0.2) is 30.3 Å². The summed E-state index contributed by atoms with van der Waals surface area (Å²) >= 11 is 0. The number of piperazine rings is 1.